The molecule has 2 atom stereocenters. The highest BCUT2D eigenvalue weighted by Gasteiger charge is 2.38. The molecule has 0 amide bonds. The van der Waals surface area contributed by atoms with E-state index in [-0.39, 0.29) is 10.6 Å². The number of ether oxygens (including phenoxy) is 2. The van der Waals surface area contributed by atoms with E-state index in [0.717, 1.165) is 0 Å². The van der Waals surface area contributed by atoms with Crippen molar-refractivity contribution in [2.24, 2.45) is 5.73 Å². The van der Waals surface area contributed by atoms with Gasteiger partial charge in [-0.1, -0.05) is 30.3 Å². The normalized spacial score (nSPS) is 14.2. The largest absolute Gasteiger partial charge is 0.459 e. The molecule has 0 radical (unpaired) electrons. The fourth-order valence-corrected chi connectivity index (χ4v) is 3.81. The van der Waals surface area contributed by atoms with Crippen molar-refractivity contribution in [2.45, 2.75) is 69.6 Å². The van der Waals surface area contributed by atoms with Gasteiger partial charge in [0.05, 0.1) is 0 Å². The number of esters is 2. The van der Waals surface area contributed by atoms with Crippen LogP contribution in [-0.4, -0.2) is 37.6 Å². The molecule has 2 N–H and O–H groups in total. The molecule has 0 saturated heterocycles. The molecule has 0 heterocycles. The Morgan fingerprint density at radius 2 is 1.27 bits per heavy atom. The average molecular weight is 478 g/mol. The van der Waals surface area contributed by atoms with Gasteiger partial charge >= 0.3 is 22.1 Å². The molecule has 8 nitrogen and oxygen atoms in total. The van der Waals surface area contributed by atoms with Crippen molar-refractivity contribution in [3.8, 4) is 5.75 Å². The number of benzene rings is 2. The molecule has 33 heavy (non-hydrogen) atoms. The van der Waals surface area contributed by atoms with E-state index in [2.05, 4.69) is 0 Å². The van der Waals surface area contributed by atoms with Crippen molar-refractivity contribution in [1.29, 1.82) is 0 Å². The van der Waals surface area contributed by atoms with Gasteiger partial charge in [0.25, 0.3) is 0 Å². The minimum absolute atomic E-state index is 0.00709. The summed E-state index contributed by atoms with van der Waals surface area (Å²) in [6.07, 6.45) is 0. The van der Waals surface area contributed by atoms with Gasteiger partial charge in [0.1, 0.15) is 33.8 Å². The van der Waals surface area contributed by atoms with Crippen LogP contribution in [0.4, 0.5) is 0 Å². The molecule has 2 unspecified atom stereocenters. The number of hydrogen-bond donors (Lipinski definition) is 1. The highest BCUT2D eigenvalue weighted by atomic mass is 32.2. The van der Waals surface area contributed by atoms with E-state index in [1.807, 2.05) is 0 Å². The Bertz CT molecular complexity index is 1070. The van der Waals surface area contributed by atoms with Crippen LogP contribution >= 0.6 is 0 Å². The van der Waals surface area contributed by atoms with Crippen LogP contribution in [0.2, 0.25) is 0 Å². The first kappa shape index (κ1) is 26.3. The van der Waals surface area contributed by atoms with Gasteiger partial charge < -0.3 is 19.4 Å². The molecule has 0 spiro atoms. The van der Waals surface area contributed by atoms with Gasteiger partial charge in [0.15, 0.2) is 0 Å². The van der Waals surface area contributed by atoms with Gasteiger partial charge in [-0.25, -0.2) is 0 Å². The van der Waals surface area contributed by atoms with Crippen molar-refractivity contribution >= 4 is 22.1 Å². The number of carbonyl (C=O) groups is 2. The molecule has 2 aromatic carbocycles. The van der Waals surface area contributed by atoms with Gasteiger partial charge in [0, 0.05) is 0 Å². The van der Waals surface area contributed by atoms with E-state index in [4.69, 9.17) is 19.4 Å². The molecule has 0 aliphatic rings. The van der Waals surface area contributed by atoms with Crippen LogP contribution in [0.25, 0.3) is 0 Å². The predicted molar refractivity (Wildman–Crippen MR) is 123 cm³/mol. The molecular weight excluding hydrogens is 446 g/mol. The summed E-state index contributed by atoms with van der Waals surface area (Å²) in [6.45, 7) is 10.2. The van der Waals surface area contributed by atoms with Crippen LogP contribution < -0.4 is 9.92 Å². The first-order valence-electron chi connectivity index (χ1n) is 10.4. The van der Waals surface area contributed by atoms with Crippen LogP contribution in [0.5, 0.6) is 5.75 Å². The van der Waals surface area contributed by atoms with E-state index in [0.29, 0.717) is 5.56 Å². The summed E-state index contributed by atoms with van der Waals surface area (Å²) in [5, 5.41) is 0. The third-order valence-electron chi connectivity index (χ3n) is 4.18. The number of hydrogen-bond acceptors (Lipinski definition) is 8. The standard InChI is InChI=1S/C24H31NO7S/c1-23(2,3)30-21(26)19(20(25)22(27)31-24(4,5)6)16-12-14-17(15-13-16)32-33(28,29)18-10-8-7-9-11-18/h7-15,19-20H,25H2,1-6H3. The average Bonchev–Trinajstić information content (AvgIpc) is 2.67. The highest BCUT2D eigenvalue weighted by Crippen LogP contribution is 2.28. The molecule has 0 aliphatic heterocycles. The topological polar surface area (TPSA) is 122 Å². The maximum atomic E-state index is 12.9. The third-order valence-corrected chi connectivity index (χ3v) is 5.44. The summed E-state index contributed by atoms with van der Waals surface area (Å²) in [5.41, 5.74) is 4.88. The van der Waals surface area contributed by atoms with E-state index in [1.54, 1.807) is 59.7 Å². The lowest BCUT2D eigenvalue weighted by Gasteiger charge is -2.29. The van der Waals surface area contributed by atoms with Gasteiger partial charge in [-0.2, -0.15) is 8.42 Å². The first-order chi connectivity index (χ1) is 15.1. The minimum Gasteiger partial charge on any atom is -0.459 e. The second-order valence-corrected chi connectivity index (χ2v) is 11.0. The molecule has 0 saturated carbocycles. The summed E-state index contributed by atoms with van der Waals surface area (Å²) in [4.78, 5) is 25.5. The van der Waals surface area contributed by atoms with Crippen molar-refractivity contribution < 1.29 is 31.7 Å². The van der Waals surface area contributed by atoms with Crippen molar-refractivity contribution in [3.63, 3.8) is 0 Å². The smallest absolute Gasteiger partial charge is 0.339 e. The van der Waals surface area contributed by atoms with Gasteiger partial charge in [0.2, 0.25) is 0 Å². The molecule has 2 aromatic rings. The third kappa shape index (κ3) is 7.87. The lowest BCUT2D eigenvalue weighted by Crippen LogP contribution is -2.45. The zero-order valence-corrected chi connectivity index (χ0v) is 20.5. The van der Waals surface area contributed by atoms with Crippen molar-refractivity contribution in [1.82, 2.24) is 0 Å². The minimum atomic E-state index is -4.03. The fraction of sp³-hybridized carbons (Fsp3) is 0.417. The molecular formula is C24H31NO7S. The molecule has 0 bridgehead atoms. The Labute approximate surface area is 195 Å². The Kier molecular flexibility index (Phi) is 7.92. The predicted octanol–water partition coefficient (Wildman–Crippen LogP) is 3.55. The summed E-state index contributed by atoms with van der Waals surface area (Å²) < 4.78 is 40.9. The van der Waals surface area contributed by atoms with Crippen molar-refractivity contribution in [2.75, 3.05) is 0 Å². The van der Waals surface area contributed by atoms with E-state index in [1.165, 1.54) is 36.4 Å². The summed E-state index contributed by atoms with van der Waals surface area (Å²) in [7, 11) is -4.03. The van der Waals surface area contributed by atoms with Crippen LogP contribution in [0.1, 0.15) is 53.0 Å². The Hall–Kier alpha value is -2.91. The SMILES string of the molecule is CC(C)(C)OC(=O)C(N)C(C(=O)OC(C)(C)C)c1ccc(OS(=O)(=O)c2ccccc2)cc1. The summed E-state index contributed by atoms with van der Waals surface area (Å²) in [6, 6.07) is 12.1. The van der Waals surface area contributed by atoms with E-state index < -0.39 is 45.2 Å². The van der Waals surface area contributed by atoms with Crippen LogP contribution in [0, 0.1) is 0 Å². The zero-order valence-electron chi connectivity index (χ0n) is 19.7. The Morgan fingerprint density at radius 3 is 1.76 bits per heavy atom. The van der Waals surface area contributed by atoms with Crippen LogP contribution in [0.15, 0.2) is 59.5 Å². The molecule has 0 fully saturated rings. The number of nitrogens with two attached hydrogens (primary N) is 1. The highest BCUT2D eigenvalue weighted by molar-refractivity contribution is 7.87. The second-order valence-electron chi connectivity index (χ2n) is 9.49. The molecule has 2 rings (SSSR count). The van der Waals surface area contributed by atoms with Crippen LogP contribution in [-0.2, 0) is 29.2 Å². The molecule has 0 aromatic heterocycles. The molecule has 9 heteroatoms. The monoisotopic (exact) mass is 477 g/mol. The molecule has 180 valence electrons. The quantitative estimate of drug-likeness (QED) is 0.475. The fourth-order valence-electron chi connectivity index (χ4n) is 2.85. The first-order valence-corrected chi connectivity index (χ1v) is 11.8. The summed E-state index contributed by atoms with van der Waals surface area (Å²) in [5.74, 6) is -2.59. The van der Waals surface area contributed by atoms with Gasteiger partial charge in [-0.15, -0.1) is 0 Å². The molecule has 0 aliphatic carbocycles. The maximum Gasteiger partial charge on any atom is 0.339 e. The summed E-state index contributed by atoms with van der Waals surface area (Å²) >= 11 is 0. The van der Waals surface area contributed by atoms with E-state index >= 15 is 0 Å². The number of carbonyl (C=O) groups excluding carboxylic acids is 2. The van der Waals surface area contributed by atoms with Crippen molar-refractivity contribution in [3.05, 3.63) is 60.2 Å². The maximum absolute atomic E-state index is 12.9. The van der Waals surface area contributed by atoms with Crippen LogP contribution in [0.3, 0.4) is 0 Å². The Balaban J connectivity index is 2.33. The van der Waals surface area contributed by atoms with Gasteiger partial charge in [-0.05, 0) is 71.4 Å². The second kappa shape index (κ2) is 9.93. The van der Waals surface area contributed by atoms with Gasteiger partial charge in [-0.3, -0.25) is 9.59 Å². The lowest BCUT2D eigenvalue weighted by molar-refractivity contribution is -0.165. The van der Waals surface area contributed by atoms with E-state index in [9.17, 15) is 18.0 Å². The number of rotatable bonds is 7. The Morgan fingerprint density at radius 1 is 0.788 bits per heavy atom. The zero-order chi connectivity index (χ0) is 25.0. The lowest BCUT2D eigenvalue weighted by atomic mass is 9.91.